The highest BCUT2D eigenvalue weighted by atomic mass is 16.5. The molecule has 122 valence electrons. The van der Waals surface area contributed by atoms with E-state index in [1.165, 1.54) is 57.8 Å². The van der Waals surface area contributed by atoms with E-state index in [-0.39, 0.29) is 6.61 Å². The van der Waals surface area contributed by atoms with Gasteiger partial charge in [-0.1, -0.05) is 64.7 Å². The Labute approximate surface area is 129 Å². The highest BCUT2D eigenvalue weighted by molar-refractivity contribution is 5.05. The van der Waals surface area contributed by atoms with Crippen LogP contribution in [0, 0.1) is 0 Å². The molecule has 1 N–H and O–H groups in total. The molecule has 3 heteroatoms. The second-order valence-electron chi connectivity index (χ2n) is 5.76. The van der Waals surface area contributed by atoms with E-state index in [9.17, 15) is 0 Å². The summed E-state index contributed by atoms with van der Waals surface area (Å²) in [6, 6.07) is 3.66. The molecule has 1 aromatic heterocycles. The number of unbranched alkanes of at least 4 members (excludes halogenated alkanes) is 9. The zero-order chi connectivity index (χ0) is 15.2. The first-order chi connectivity index (χ1) is 10.4. The molecule has 0 bridgehead atoms. The van der Waals surface area contributed by atoms with Gasteiger partial charge in [0, 0.05) is 6.61 Å². The van der Waals surface area contributed by atoms with Gasteiger partial charge in [-0.25, -0.2) is 0 Å². The first-order valence-electron chi connectivity index (χ1n) is 8.63. The Morgan fingerprint density at radius 2 is 1.43 bits per heavy atom. The van der Waals surface area contributed by atoms with Crippen molar-refractivity contribution in [3.8, 4) is 0 Å². The fraction of sp³-hybridized carbons (Fsp3) is 0.778. The smallest absolute Gasteiger partial charge is 0.129 e. The van der Waals surface area contributed by atoms with Gasteiger partial charge in [0.05, 0.1) is 0 Å². The first-order valence-corrected chi connectivity index (χ1v) is 8.63. The Hall–Kier alpha value is -0.800. The third-order valence-corrected chi connectivity index (χ3v) is 3.76. The van der Waals surface area contributed by atoms with Gasteiger partial charge in [-0.3, -0.25) is 0 Å². The molecule has 1 rings (SSSR count). The fourth-order valence-electron chi connectivity index (χ4n) is 2.45. The lowest BCUT2D eigenvalue weighted by molar-refractivity contribution is 0.0997. The van der Waals surface area contributed by atoms with Crippen molar-refractivity contribution in [1.82, 2.24) is 0 Å². The van der Waals surface area contributed by atoms with Crippen LogP contribution in [-0.2, 0) is 18.0 Å². The molecule has 21 heavy (non-hydrogen) atoms. The third-order valence-electron chi connectivity index (χ3n) is 3.76. The van der Waals surface area contributed by atoms with Crippen LogP contribution in [0.2, 0.25) is 0 Å². The summed E-state index contributed by atoms with van der Waals surface area (Å²) >= 11 is 0. The summed E-state index contributed by atoms with van der Waals surface area (Å²) in [4.78, 5) is 0. The van der Waals surface area contributed by atoms with Crippen LogP contribution >= 0.6 is 0 Å². The second-order valence-corrected chi connectivity index (χ2v) is 5.76. The molecule has 1 heterocycles. The summed E-state index contributed by atoms with van der Waals surface area (Å²) in [6.07, 6.45) is 13.4. The molecule has 0 atom stereocenters. The molecule has 0 aliphatic carbocycles. The zero-order valence-electron chi connectivity index (χ0n) is 13.6. The molecule has 0 aliphatic rings. The fourth-order valence-corrected chi connectivity index (χ4v) is 2.45. The molecule has 0 aromatic carbocycles. The minimum absolute atomic E-state index is 0.0432. The molecule has 3 nitrogen and oxygen atoms in total. The van der Waals surface area contributed by atoms with Gasteiger partial charge >= 0.3 is 0 Å². The van der Waals surface area contributed by atoms with Gasteiger partial charge in [0.2, 0.25) is 0 Å². The number of furan rings is 1. The van der Waals surface area contributed by atoms with Crippen LogP contribution in [0.5, 0.6) is 0 Å². The minimum Gasteiger partial charge on any atom is -0.461 e. The van der Waals surface area contributed by atoms with Gasteiger partial charge in [-0.15, -0.1) is 0 Å². The van der Waals surface area contributed by atoms with Gasteiger partial charge < -0.3 is 14.3 Å². The van der Waals surface area contributed by atoms with Gasteiger partial charge in [-0.2, -0.15) is 0 Å². The standard InChI is InChI=1S/C18H32O3/c1-2-3-4-5-6-7-8-9-10-11-14-20-16-18-13-12-17(15-19)21-18/h12-13,19H,2-11,14-16H2,1H3. The molecule has 0 radical (unpaired) electrons. The largest absolute Gasteiger partial charge is 0.461 e. The van der Waals surface area contributed by atoms with Crippen LogP contribution in [-0.4, -0.2) is 11.7 Å². The maximum Gasteiger partial charge on any atom is 0.129 e. The Morgan fingerprint density at radius 3 is 2.00 bits per heavy atom. The number of aliphatic hydroxyl groups excluding tert-OH is 1. The van der Waals surface area contributed by atoms with E-state index < -0.39 is 0 Å². The predicted octanol–water partition coefficient (Wildman–Crippen LogP) is 5.21. The molecule has 0 spiro atoms. The summed E-state index contributed by atoms with van der Waals surface area (Å²) in [5.74, 6) is 1.40. The van der Waals surface area contributed by atoms with Crippen LogP contribution < -0.4 is 0 Å². The summed E-state index contributed by atoms with van der Waals surface area (Å²) in [5.41, 5.74) is 0. The van der Waals surface area contributed by atoms with Crippen LogP contribution in [0.1, 0.15) is 82.7 Å². The van der Waals surface area contributed by atoms with Gasteiger partial charge in [-0.05, 0) is 18.6 Å². The highest BCUT2D eigenvalue weighted by Gasteiger charge is 2.00. The summed E-state index contributed by atoms with van der Waals surface area (Å²) in [7, 11) is 0. The SMILES string of the molecule is CCCCCCCCCCCCOCc1ccc(CO)o1. The van der Waals surface area contributed by atoms with Crippen molar-refractivity contribution in [2.75, 3.05) is 6.61 Å². The van der Waals surface area contributed by atoms with E-state index in [0.717, 1.165) is 18.8 Å². The molecule has 0 saturated carbocycles. The predicted molar refractivity (Wildman–Crippen MR) is 86.1 cm³/mol. The number of rotatable bonds is 14. The average Bonchev–Trinajstić information content (AvgIpc) is 2.96. The van der Waals surface area contributed by atoms with E-state index in [0.29, 0.717) is 12.4 Å². The van der Waals surface area contributed by atoms with Crippen LogP contribution in [0.15, 0.2) is 16.5 Å². The molecule has 0 saturated heterocycles. The van der Waals surface area contributed by atoms with E-state index in [1.54, 1.807) is 6.07 Å². The molecule has 0 fully saturated rings. The van der Waals surface area contributed by atoms with Gasteiger partial charge in [0.25, 0.3) is 0 Å². The van der Waals surface area contributed by atoms with E-state index in [4.69, 9.17) is 14.3 Å². The average molecular weight is 296 g/mol. The minimum atomic E-state index is -0.0432. The maximum absolute atomic E-state index is 8.89. The summed E-state index contributed by atoms with van der Waals surface area (Å²) < 4.78 is 10.9. The lowest BCUT2D eigenvalue weighted by atomic mass is 10.1. The van der Waals surface area contributed by atoms with Crippen LogP contribution in [0.3, 0.4) is 0 Å². The van der Waals surface area contributed by atoms with Crippen molar-refractivity contribution >= 4 is 0 Å². The first kappa shape index (κ1) is 18.2. The molecule has 0 unspecified atom stereocenters. The van der Waals surface area contributed by atoms with Crippen LogP contribution in [0.4, 0.5) is 0 Å². The van der Waals surface area contributed by atoms with Crippen molar-refractivity contribution in [2.24, 2.45) is 0 Å². The quantitative estimate of drug-likeness (QED) is 0.479. The molecular formula is C18H32O3. The van der Waals surface area contributed by atoms with E-state index in [1.807, 2.05) is 6.07 Å². The molecule has 0 amide bonds. The van der Waals surface area contributed by atoms with E-state index >= 15 is 0 Å². The van der Waals surface area contributed by atoms with Crippen molar-refractivity contribution in [2.45, 2.75) is 84.3 Å². The summed E-state index contributed by atoms with van der Waals surface area (Å²) in [6.45, 7) is 3.53. The maximum atomic E-state index is 8.89. The molecule has 1 aromatic rings. The van der Waals surface area contributed by atoms with Crippen molar-refractivity contribution in [1.29, 1.82) is 0 Å². The number of hydrogen-bond donors (Lipinski definition) is 1. The Morgan fingerprint density at radius 1 is 0.857 bits per heavy atom. The van der Waals surface area contributed by atoms with Crippen molar-refractivity contribution < 1.29 is 14.3 Å². The molecule has 0 aliphatic heterocycles. The third kappa shape index (κ3) is 9.70. The topological polar surface area (TPSA) is 42.6 Å². The van der Waals surface area contributed by atoms with Crippen LogP contribution in [0.25, 0.3) is 0 Å². The number of hydrogen-bond acceptors (Lipinski definition) is 3. The zero-order valence-corrected chi connectivity index (χ0v) is 13.6. The second kappa shape index (κ2) is 12.9. The lowest BCUT2D eigenvalue weighted by Gasteiger charge is -2.03. The van der Waals surface area contributed by atoms with Gasteiger partial charge in [0.1, 0.15) is 24.7 Å². The van der Waals surface area contributed by atoms with Gasteiger partial charge in [0.15, 0.2) is 0 Å². The number of aliphatic hydroxyl groups is 1. The monoisotopic (exact) mass is 296 g/mol. The molecular weight excluding hydrogens is 264 g/mol. The van der Waals surface area contributed by atoms with Crippen molar-refractivity contribution in [3.63, 3.8) is 0 Å². The highest BCUT2D eigenvalue weighted by Crippen LogP contribution is 2.11. The summed E-state index contributed by atoms with van der Waals surface area (Å²) in [5, 5.41) is 8.89. The Kier molecular flexibility index (Phi) is 11.2. The lowest BCUT2D eigenvalue weighted by Crippen LogP contribution is -1.94. The normalized spacial score (nSPS) is 11.1. The Bertz CT molecular complexity index is 333. The van der Waals surface area contributed by atoms with Crippen molar-refractivity contribution in [3.05, 3.63) is 23.7 Å². The Balaban J connectivity index is 1.80. The number of ether oxygens (including phenoxy) is 1. The van der Waals surface area contributed by atoms with E-state index in [2.05, 4.69) is 6.92 Å².